The highest BCUT2D eigenvalue weighted by Crippen LogP contribution is 1.84. The van der Waals surface area contributed by atoms with E-state index in [1.807, 2.05) is 25.4 Å². The summed E-state index contributed by atoms with van der Waals surface area (Å²) in [6.45, 7) is 0. The van der Waals surface area contributed by atoms with Crippen molar-refractivity contribution in [2.24, 2.45) is 0 Å². The Balaban J connectivity index is 3.17. The molecule has 3 heteroatoms. The molecule has 0 spiro atoms. The summed E-state index contributed by atoms with van der Waals surface area (Å²) in [6, 6.07) is 7.32. The third-order valence-corrected chi connectivity index (χ3v) is 1.49. The summed E-state index contributed by atoms with van der Waals surface area (Å²) in [4.78, 5) is 0. The van der Waals surface area contributed by atoms with Crippen molar-refractivity contribution in [3.05, 3.63) is 40.1 Å². The van der Waals surface area contributed by atoms with Crippen LogP contribution in [0.1, 0.15) is 0 Å². The third-order valence-electron chi connectivity index (χ3n) is 1.38. The molecule has 62 valence electrons. The Kier molecular flexibility index (Phi) is 2.97. The molecule has 1 aromatic rings. The zero-order valence-corrected chi connectivity index (χ0v) is 7.62. The van der Waals surface area contributed by atoms with Gasteiger partial charge in [0.15, 0.2) is 0 Å². The highest BCUT2D eigenvalue weighted by Gasteiger charge is 1.80. The van der Waals surface area contributed by atoms with E-state index in [9.17, 15) is 0 Å². The van der Waals surface area contributed by atoms with E-state index in [1.165, 1.54) is 0 Å². The van der Waals surface area contributed by atoms with Crippen LogP contribution < -0.4 is 10.4 Å². The molecule has 0 amide bonds. The summed E-state index contributed by atoms with van der Waals surface area (Å²) in [5.74, 6) is 2.06. The fraction of sp³-hybridized carbons (Fsp3) is 0.111. The van der Waals surface area contributed by atoms with Crippen LogP contribution in [0.2, 0.25) is 0 Å². The van der Waals surface area contributed by atoms with Gasteiger partial charge in [-0.25, -0.2) is 0 Å². The minimum absolute atomic E-state index is 0.675. The van der Waals surface area contributed by atoms with E-state index in [1.54, 1.807) is 16.4 Å². The molecule has 0 N–H and O–H groups in total. The normalized spacial score (nSPS) is 8.83. The quantitative estimate of drug-likeness (QED) is 0.478. The van der Waals surface area contributed by atoms with Crippen molar-refractivity contribution < 1.29 is 0 Å². The minimum atomic E-state index is 0.675. The molecule has 0 radical (unpaired) electrons. The standard InChI is InChI=1S/C9H9N2S/c1-11(12)7-9-4-2-8(6-10)3-5-9/h2-5,7,12H,1H3/q-1. The van der Waals surface area contributed by atoms with Crippen LogP contribution in [0.15, 0.2) is 24.3 Å². The summed E-state index contributed by atoms with van der Waals surface area (Å²) >= 11 is 4.07. The van der Waals surface area contributed by atoms with Gasteiger partial charge in [-0.3, -0.25) is 5.87 Å². The van der Waals surface area contributed by atoms with Crippen molar-refractivity contribution in [3.63, 3.8) is 0 Å². The molecule has 0 aliphatic rings. The highest BCUT2D eigenvalue weighted by atomic mass is 32.1. The van der Waals surface area contributed by atoms with E-state index in [4.69, 9.17) is 5.41 Å². The highest BCUT2D eigenvalue weighted by molar-refractivity contribution is 7.78. The van der Waals surface area contributed by atoms with Crippen LogP contribution in [-0.4, -0.2) is 17.2 Å². The van der Waals surface area contributed by atoms with Gasteiger partial charge in [0.05, 0.1) is 0 Å². The van der Waals surface area contributed by atoms with E-state index in [2.05, 4.69) is 18.7 Å². The van der Waals surface area contributed by atoms with Crippen LogP contribution in [0, 0.1) is 0 Å². The molecule has 0 saturated carbocycles. The van der Waals surface area contributed by atoms with Crippen molar-refractivity contribution in [2.45, 2.75) is 0 Å². The molecule has 0 atom stereocenters. The zero-order valence-electron chi connectivity index (χ0n) is 6.73. The number of benzene rings is 1. The fourth-order valence-electron chi connectivity index (χ4n) is 0.859. The van der Waals surface area contributed by atoms with Crippen molar-refractivity contribution in [1.29, 1.82) is 0 Å². The molecular formula is C9H9N2S-. The SMILES string of the molecule is CN(S)C=c1ccc(=C=[N-])cc1. The van der Waals surface area contributed by atoms with Gasteiger partial charge in [-0.2, -0.15) is 0 Å². The molecule has 2 nitrogen and oxygen atoms in total. The molecule has 0 aliphatic heterocycles. The number of rotatable bonds is 1. The van der Waals surface area contributed by atoms with Gasteiger partial charge in [-0.1, -0.05) is 24.9 Å². The summed E-state index contributed by atoms with van der Waals surface area (Å²) in [7, 11) is 1.83. The van der Waals surface area contributed by atoms with E-state index in [0.29, 0.717) is 5.22 Å². The van der Waals surface area contributed by atoms with Crippen LogP contribution in [0.3, 0.4) is 0 Å². The third kappa shape index (κ3) is 2.46. The number of nitrogens with zero attached hydrogens (tertiary/aromatic N) is 2. The lowest BCUT2D eigenvalue weighted by Gasteiger charge is -2.00. The summed E-state index contributed by atoms with van der Waals surface area (Å²) in [5.41, 5.74) is 0. The molecule has 1 rings (SSSR count). The molecular weight excluding hydrogens is 168 g/mol. The Labute approximate surface area is 76.9 Å². The van der Waals surface area contributed by atoms with Crippen LogP contribution in [-0.2, 0) is 0 Å². The monoisotopic (exact) mass is 177 g/mol. The molecule has 0 aromatic heterocycles. The lowest BCUT2D eigenvalue weighted by atomic mass is 10.3. The molecule has 0 unspecified atom stereocenters. The van der Waals surface area contributed by atoms with Crippen LogP contribution >= 0.6 is 12.8 Å². The van der Waals surface area contributed by atoms with Gasteiger partial charge in [-0.15, -0.1) is 0 Å². The van der Waals surface area contributed by atoms with E-state index < -0.39 is 0 Å². The Bertz CT molecular complexity index is 368. The molecule has 1 aromatic carbocycles. The molecule has 0 fully saturated rings. The Morgan fingerprint density at radius 2 is 2.00 bits per heavy atom. The van der Waals surface area contributed by atoms with Crippen molar-refractivity contribution >= 4 is 24.9 Å². The number of hydrogen-bond acceptors (Lipinski definition) is 2. The molecule has 12 heavy (non-hydrogen) atoms. The topological polar surface area (TPSA) is 25.5 Å². The summed E-state index contributed by atoms with van der Waals surface area (Å²) in [6.07, 6.45) is 1.87. The maximum absolute atomic E-state index is 8.52. The Hall–Kier alpha value is -1.18. The smallest absolute Gasteiger partial charge is 0.0174 e. The molecule has 0 aliphatic carbocycles. The van der Waals surface area contributed by atoms with Crippen molar-refractivity contribution in [3.8, 4) is 0 Å². The lowest BCUT2D eigenvalue weighted by Crippen LogP contribution is -2.10. The van der Waals surface area contributed by atoms with E-state index >= 15 is 0 Å². The van der Waals surface area contributed by atoms with Gasteiger partial charge in [0, 0.05) is 13.2 Å². The molecule has 0 saturated heterocycles. The average Bonchev–Trinajstić information content (AvgIpc) is 2.05. The molecule has 0 heterocycles. The predicted octanol–water partition coefficient (Wildman–Crippen LogP) is 0.112. The zero-order chi connectivity index (χ0) is 8.97. The fourth-order valence-corrected chi connectivity index (χ4v) is 0.993. The second kappa shape index (κ2) is 4.00. The van der Waals surface area contributed by atoms with Gasteiger partial charge < -0.3 is 9.71 Å². The van der Waals surface area contributed by atoms with E-state index in [0.717, 1.165) is 5.22 Å². The van der Waals surface area contributed by atoms with Gasteiger partial charge in [0.1, 0.15) is 0 Å². The van der Waals surface area contributed by atoms with Gasteiger partial charge in [-0.05, 0) is 22.6 Å². The van der Waals surface area contributed by atoms with E-state index in [-0.39, 0.29) is 0 Å². The second-order valence-electron chi connectivity index (χ2n) is 2.44. The maximum atomic E-state index is 8.52. The first-order valence-corrected chi connectivity index (χ1v) is 3.89. The first kappa shape index (κ1) is 8.91. The van der Waals surface area contributed by atoms with Gasteiger partial charge in [0.25, 0.3) is 0 Å². The van der Waals surface area contributed by atoms with Crippen LogP contribution in [0.5, 0.6) is 0 Å². The largest absolute Gasteiger partial charge is 0.763 e. The predicted molar refractivity (Wildman–Crippen MR) is 54.4 cm³/mol. The summed E-state index contributed by atoms with van der Waals surface area (Å²) in [5, 5.41) is 10.2. The van der Waals surface area contributed by atoms with Gasteiger partial charge >= 0.3 is 0 Å². The molecule has 0 bridgehead atoms. The second-order valence-corrected chi connectivity index (χ2v) is 3.07. The maximum Gasteiger partial charge on any atom is 0.0174 e. The average molecular weight is 177 g/mol. The Morgan fingerprint density at radius 3 is 2.42 bits per heavy atom. The van der Waals surface area contributed by atoms with Crippen molar-refractivity contribution in [2.75, 3.05) is 7.05 Å². The number of hydrogen-bond donors (Lipinski definition) is 1. The Morgan fingerprint density at radius 1 is 1.42 bits per heavy atom. The van der Waals surface area contributed by atoms with Crippen LogP contribution in [0.4, 0.5) is 0 Å². The number of thiol groups is 1. The van der Waals surface area contributed by atoms with Gasteiger partial charge in [0.2, 0.25) is 0 Å². The first-order valence-electron chi connectivity index (χ1n) is 3.49. The van der Waals surface area contributed by atoms with Crippen molar-refractivity contribution in [1.82, 2.24) is 4.31 Å². The minimum Gasteiger partial charge on any atom is -0.763 e. The summed E-state index contributed by atoms with van der Waals surface area (Å²) < 4.78 is 1.67. The lowest BCUT2D eigenvalue weighted by molar-refractivity contribution is 0.849. The van der Waals surface area contributed by atoms with Crippen LogP contribution in [0.25, 0.3) is 11.6 Å². The first-order chi connectivity index (χ1) is 5.72.